The van der Waals surface area contributed by atoms with Crippen LogP contribution in [0.5, 0.6) is 0 Å². The summed E-state index contributed by atoms with van der Waals surface area (Å²) in [6, 6.07) is 3.87. The molecule has 9 heteroatoms. The number of halogens is 1. The van der Waals surface area contributed by atoms with Crippen molar-refractivity contribution in [1.82, 2.24) is 4.31 Å². The van der Waals surface area contributed by atoms with E-state index in [1.54, 1.807) is 6.92 Å². The lowest BCUT2D eigenvalue weighted by Crippen LogP contribution is -2.40. The van der Waals surface area contributed by atoms with Crippen LogP contribution in [0.3, 0.4) is 0 Å². The molecule has 0 saturated carbocycles. The van der Waals surface area contributed by atoms with Gasteiger partial charge in [-0.05, 0) is 50.3 Å². The highest BCUT2D eigenvalue weighted by molar-refractivity contribution is 7.89. The van der Waals surface area contributed by atoms with E-state index in [9.17, 15) is 18.5 Å². The molecule has 2 rings (SSSR count). The predicted octanol–water partition coefficient (Wildman–Crippen LogP) is 2.07. The van der Waals surface area contributed by atoms with Crippen molar-refractivity contribution in [3.63, 3.8) is 0 Å². The normalized spacial score (nSPS) is 19.1. The fourth-order valence-corrected chi connectivity index (χ4v) is 4.65. The van der Waals surface area contributed by atoms with E-state index >= 15 is 0 Å². The Morgan fingerprint density at radius 1 is 1.43 bits per heavy atom. The van der Waals surface area contributed by atoms with Gasteiger partial charge in [-0.1, -0.05) is 0 Å². The molecule has 1 unspecified atom stereocenters. The topological polar surface area (TPSA) is 107 Å². The summed E-state index contributed by atoms with van der Waals surface area (Å²) in [6.07, 6.45) is 2.61. The Labute approximate surface area is 142 Å². The lowest BCUT2D eigenvalue weighted by atomic mass is 9.96. The lowest BCUT2D eigenvalue weighted by Gasteiger charge is -2.32. The summed E-state index contributed by atoms with van der Waals surface area (Å²) in [4.78, 5) is 10.4. The molecule has 0 radical (unpaired) electrons. The summed E-state index contributed by atoms with van der Waals surface area (Å²) in [5, 5.41) is 10.8. The lowest BCUT2D eigenvalue weighted by molar-refractivity contribution is -0.385. The highest BCUT2D eigenvalue weighted by Gasteiger charge is 2.31. The van der Waals surface area contributed by atoms with Crippen molar-refractivity contribution in [3.05, 3.63) is 33.9 Å². The van der Waals surface area contributed by atoms with Gasteiger partial charge in [0.2, 0.25) is 10.0 Å². The van der Waals surface area contributed by atoms with E-state index in [1.165, 1.54) is 22.5 Å². The van der Waals surface area contributed by atoms with E-state index in [2.05, 4.69) is 0 Å². The van der Waals surface area contributed by atoms with Crippen molar-refractivity contribution in [2.24, 2.45) is 11.7 Å². The number of non-ortho nitro benzene ring substituents is 1. The van der Waals surface area contributed by atoms with Crippen LogP contribution in [0, 0.1) is 23.0 Å². The van der Waals surface area contributed by atoms with Gasteiger partial charge < -0.3 is 5.73 Å². The van der Waals surface area contributed by atoms with Crippen LogP contribution in [-0.4, -0.2) is 37.3 Å². The smallest absolute Gasteiger partial charge is 0.269 e. The third kappa shape index (κ3) is 4.41. The molecular formula is C14H22ClN3O4S. The molecule has 0 aromatic heterocycles. The Bertz CT molecular complexity index is 664. The van der Waals surface area contributed by atoms with Crippen LogP contribution in [-0.2, 0) is 10.0 Å². The van der Waals surface area contributed by atoms with Crippen molar-refractivity contribution in [2.45, 2.75) is 31.1 Å². The molecule has 1 aliphatic rings. The van der Waals surface area contributed by atoms with E-state index in [0.29, 0.717) is 25.2 Å². The third-order valence-electron chi connectivity index (χ3n) is 4.04. The Balaban J connectivity index is 0.00000264. The molecule has 1 aromatic rings. The zero-order chi connectivity index (χ0) is 16.3. The van der Waals surface area contributed by atoms with Gasteiger partial charge in [-0.3, -0.25) is 10.1 Å². The number of piperidine rings is 1. The fraction of sp³-hybridized carbons (Fsp3) is 0.571. The van der Waals surface area contributed by atoms with Crippen LogP contribution in [0.25, 0.3) is 0 Å². The molecular weight excluding hydrogens is 342 g/mol. The second-order valence-electron chi connectivity index (χ2n) is 5.66. The van der Waals surface area contributed by atoms with Gasteiger partial charge in [-0.15, -0.1) is 12.4 Å². The molecule has 1 aliphatic heterocycles. The van der Waals surface area contributed by atoms with E-state index < -0.39 is 14.9 Å². The van der Waals surface area contributed by atoms with Gasteiger partial charge in [0.1, 0.15) is 0 Å². The molecule has 2 N–H and O–H groups in total. The number of sulfonamides is 1. The van der Waals surface area contributed by atoms with Crippen LogP contribution in [0.2, 0.25) is 0 Å². The minimum absolute atomic E-state index is 0. The van der Waals surface area contributed by atoms with Crippen molar-refractivity contribution < 1.29 is 13.3 Å². The summed E-state index contributed by atoms with van der Waals surface area (Å²) >= 11 is 0. The number of hydrogen-bond donors (Lipinski definition) is 1. The quantitative estimate of drug-likeness (QED) is 0.636. The van der Waals surface area contributed by atoms with Gasteiger partial charge in [-0.2, -0.15) is 4.31 Å². The molecule has 1 heterocycles. The third-order valence-corrected chi connectivity index (χ3v) is 6.07. The standard InChI is InChI=1S/C14H21N3O4S.ClH/c1-11-9-13(17(18)19)4-5-14(11)22(20,21)16-8-2-3-12(10-16)6-7-15;/h4-5,9,12H,2-3,6-8,10,15H2,1H3;1H. The summed E-state index contributed by atoms with van der Waals surface area (Å²) < 4.78 is 27.0. The number of rotatable bonds is 5. The van der Waals surface area contributed by atoms with Crippen molar-refractivity contribution >= 4 is 28.1 Å². The molecule has 0 amide bonds. The number of nitrogens with zero attached hydrogens (tertiary/aromatic N) is 2. The number of benzene rings is 1. The maximum absolute atomic E-state index is 12.8. The molecule has 1 fully saturated rings. The van der Waals surface area contributed by atoms with E-state index in [1.807, 2.05) is 0 Å². The molecule has 0 aliphatic carbocycles. The van der Waals surface area contributed by atoms with Gasteiger partial charge in [0.15, 0.2) is 0 Å². The average molecular weight is 364 g/mol. The summed E-state index contributed by atoms with van der Waals surface area (Å²) in [5.41, 5.74) is 5.86. The van der Waals surface area contributed by atoms with Crippen LogP contribution >= 0.6 is 12.4 Å². The second-order valence-corrected chi connectivity index (χ2v) is 7.56. The number of hydrogen-bond acceptors (Lipinski definition) is 5. The molecule has 1 saturated heterocycles. The number of nitro benzene ring substituents is 1. The first-order chi connectivity index (χ1) is 10.4. The van der Waals surface area contributed by atoms with E-state index in [-0.39, 0.29) is 28.9 Å². The summed E-state index contributed by atoms with van der Waals surface area (Å²) in [5.74, 6) is 0.284. The highest BCUT2D eigenvalue weighted by Crippen LogP contribution is 2.28. The van der Waals surface area contributed by atoms with Gasteiger partial charge in [0, 0.05) is 25.2 Å². The Morgan fingerprint density at radius 2 is 2.13 bits per heavy atom. The molecule has 1 aromatic carbocycles. The SMILES string of the molecule is Cc1cc([N+](=O)[O-])ccc1S(=O)(=O)N1CCCC(CCN)C1.Cl. The van der Waals surface area contributed by atoms with Crippen LogP contribution in [0.1, 0.15) is 24.8 Å². The largest absolute Gasteiger partial charge is 0.330 e. The van der Waals surface area contributed by atoms with Crippen molar-refractivity contribution in [2.75, 3.05) is 19.6 Å². The zero-order valence-corrected chi connectivity index (χ0v) is 14.6. The first-order valence-electron chi connectivity index (χ1n) is 7.31. The number of nitro groups is 1. The number of nitrogens with two attached hydrogens (primary N) is 1. The molecule has 1 atom stereocenters. The maximum Gasteiger partial charge on any atom is 0.269 e. The maximum atomic E-state index is 12.8. The van der Waals surface area contributed by atoms with Gasteiger partial charge >= 0.3 is 0 Å². The highest BCUT2D eigenvalue weighted by atomic mass is 35.5. The van der Waals surface area contributed by atoms with Gasteiger partial charge in [0.25, 0.3) is 5.69 Å². The predicted molar refractivity (Wildman–Crippen MR) is 90.2 cm³/mol. The first kappa shape index (κ1) is 19.8. The summed E-state index contributed by atoms with van der Waals surface area (Å²) in [6.45, 7) is 3.09. The second kappa shape index (κ2) is 8.05. The Hall–Kier alpha value is -1.22. The van der Waals surface area contributed by atoms with Gasteiger partial charge in [-0.25, -0.2) is 8.42 Å². The molecule has 130 valence electrons. The van der Waals surface area contributed by atoms with Crippen molar-refractivity contribution in [1.29, 1.82) is 0 Å². The molecule has 0 spiro atoms. The monoisotopic (exact) mass is 363 g/mol. The Kier molecular flexibility index (Phi) is 6.94. The first-order valence-corrected chi connectivity index (χ1v) is 8.75. The fourth-order valence-electron chi connectivity index (χ4n) is 2.89. The zero-order valence-electron chi connectivity index (χ0n) is 13.0. The summed E-state index contributed by atoms with van der Waals surface area (Å²) in [7, 11) is -3.62. The van der Waals surface area contributed by atoms with Crippen LogP contribution in [0.4, 0.5) is 5.69 Å². The van der Waals surface area contributed by atoms with E-state index in [4.69, 9.17) is 5.73 Å². The minimum atomic E-state index is -3.62. The van der Waals surface area contributed by atoms with Gasteiger partial charge in [0.05, 0.1) is 9.82 Å². The van der Waals surface area contributed by atoms with Crippen LogP contribution < -0.4 is 5.73 Å². The minimum Gasteiger partial charge on any atom is -0.330 e. The molecule has 23 heavy (non-hydrogen) atoms. The van der Waals surface area contributed by atoms with Crippen LogP contribution in [0.15, 0.2) is 23.1 Å². The average Bonchev–Trinajstić information content (AvgIpc) is 2.47. The van der Waals surface area contributed by atoms with Crippen molar-refractivity contribution in [3.8, 4) is 0 Å². The Morgan fingerprint density at radius 3 is 2.70 bits per heavy atom. The molecule has 7 nitrogen and oxygen atoms in total. The van der Waals surface area contributed by atoms with E-state index in [0.717, 1.165) is 19.3 Å². The number of aryl methyl sites for hydroxylation is 1. The molecule has 0 bridgehead atoms.